The van der Waals surface area contributed by atoms with Gasteiger partial charge >= 0.3 is 0 Å². The summed E-state index contributed by atoms with van der Waals surface area (Å²) in [6.07, 6.45) is 5.78. The van der Waals surface area contributed by atoms with E-state index >= 15 is 0 Å². The van der Waals surface area contributed by atoms with Crippen LogP contribution in [-0.4, -0.2) is 9.52 Å². The molecule has 0 amide bonds. The van der Waals surface area contributed by atoms with E-state index in [1.807, 2.05) is 0 Å². The fourth-order valence-corrected chi connectivity index (χ4v) is 4.08. The molecule has 2 radical (unpaired) electrons. The third-order valence-electron chi connectivity index (χ3n) is 3.63. The maximum atomic E-state index is 2.33. The van der Waals surface area contributed by atoms with Crippen molar-refractivity contribution < 1.29 is 0 Å². The standard InChI is InChI=1S/C17H22Si/c1-12-8-6-10-15(13(12)2)18-16-11-7-9-14(16)17(3,4)5/h6-10H,11H2,1-5H3. The molecule has 18 heavy (non-hydrogen) atoms. The molecule has 0 fully saturated rings. The van der Waals surface area contributed by atoms with E-state index in [4.69, 9.17) is 0 Å². The Morgan fingerprint density at radius 2 is 1.83 bits per heavy atom. The molecule has 0 unspecified atom stereocenters. The summed E-state index contributed by atoms with van der Waals surface area (Å²) in [6, 6.07) is 6.67. The van der Waals surface area contributed by atoms with Crippen LogP contribution in [0.2, 0.25) is 0 Å². The normalized spacial score (nSPS) is 15.6. The summed E-state index contributed by atoms with van der Waals surface area (Å²) in [5.74, 6) is 0. The van der Waals surface area contributed by atoms with Crippen molar-refractivity contribution in [2.24, 2.45) is 5.41 Å². The van der Waals surface area contributed by atoms with Crippen molar-refractivity contribution in [2.75, 3.05) is 0 Å². The summed E-state index contributed by atoms with van der Waals surface area (Å²) >= 11 is 0. The highest BCUT2D eigenvalue weighted by molar-refractivity contribution is 6.62. The zero-order chi connectivity index (χ0) is 13.3. The lowest BCUT2D eigenvalue weighted by Crippen LogP contribution is -2.22. The molecule has 1 heteroatoms. The van der Waals surface area contributed by atoms with Gasteiger partial charge in [0.1, 0.15) is 9.52 Å². The minimum atomic E-state index is 0.271. The molecule has 1 aromatic rings. The Bertz CT molecular complexity index is 513. The van der Waals surface area contributed by atoms with Crippen molar-refractivity contribution >= 4 is 14.7 Å². The molecule has 1 aliphatic rings. The van der Waals surface area contributed by atoms with Crippen LogP contribution in [0.15, 0.2) is 41.1 Å². The van der Waals surface area contributed by atoms with E-state index in [-0.39, 0.29) is 5.41 Å². The summed E-state index contributed by atoms with van der Waals surface area (Å²) in [4.78, 5) is 0. The Morgan fingerprint density at radius 1 is 1.11 bits per heavy atom. The summed E-state index contributed by atoms with van der Waals surface area (Å²) < 4.78 is 0. The second-order valence-electron chi connectivity index (χ2n) is 6.12. The molecule has 0 atom stereocenters. The average molecular weight is 254 g/mol. The maximum Gasteiger partial charge on any atom is 0.117 e. The third-order valence-corrected chi connectivity index (χ3v) is 5.22. The zero-order valence-electron chi connectivity index (χ0n) is 12.1. The molecule has 0 aromatic heterocycles. The van der Waals surface area contributed by atoms with Crippen molar-refractivity contribution in [1.29, 1.82) is 0 Å². The quantitative estimate of drug-likeness (QED) is 0.702. The highest BCUT2D eigenvalue weighted by Crippen LogP contribution is 2.33. The number of rotatable bonds is 2. The van der Waals surface area contributed by atoms with Crippen molar-refractivity contribution in [3.05, 3.63) is 52.2 Å². The van der Waals surface area contributed by atoms with Crippen LogP contribution in [0.5, 0.6) is 0 Å². The van der Waals surface area contributed by atoms with Gasteiger partial charge in [0.2, 0.25) is 0 Å². The molecule has 0 saturated heterocycles. The summed E-state index contributed by atoms with van der Waals surface area (Å²) in [6.45, 7) is 11.4. The first kappa shape index (κ1) is 13.4. The minimum Gasteiger partial charge on any atom is -0.0806 e. The monoisotopic (exact) mass is 254 g/mol. The second kappa shape index (κ2) is 4.89. The van der Waals surface area contributed by atoms with Crippen LogP contribution in [0.1, 0.15) is 38.3 Å². The Morgan fingerprint density at radius 3 is 2.50 bits per heavy atom. The first-order chi connectivity index (χ1) is 8.39. The highest BCUT2D eigenvalue weighted by Gasteiger charge is 2.22. The van der Waals surface area contributed by atoms with Gasteiger partial charge < -0.3 is 0 Å². The molecule has 0 spiro atoms. The van der Waals surface area contributed by atoms with Gasteiger partial charge in [0, 0.05) is 0 Å². The molecule has 0 nitrogen and oxygen atoms in total. The third kappa shape index (κ3) is 2.67. The van der Waals surface area contributed by atoms with E-state index in [9.17, 15) is 0 Å². The lowest BCUT2D eigenvalue weighted by Gasteiger charge is -2.22. The number of benzene rings is 1. The van der Waals surface area contributed by atoms with Crippen LogP contribution in [0.4, 0.5) is 0 Å². The number of allylic oxidation sites excluding steroid dienone is 4. The predicted octanol–water partition coefficient (Wildman–Crippen LogP) is 3.89. The van der Waals surface area contributed by atoms with E-state index in [0.717, 1.165) is 15.9 Å². The SMILES string of the molecule is Cc1cccc([Si]C2=C(C(C)(C)C)C=CC2)c1C. The topological polar surface area (TPSA) is 0 Å². The Kier molecular flexibility index (Phi) is 3.63. The molecule has 0 bridgehead atoms. The van der Waals surface area contributed by atoms with Crippen LogP contribution in [0.25, 0.3) is 0 Å². The molecular weight excluding hydrogens is 232 g/mol. The van der Waals surface area contributed by atoms with Crippen LogP contribution in [-0.2, 0) is 0 Å². The Hall–Kier alpha value is -1.08. The maximum absolute atomic E-state index is 2.33. The largest absolute Gasteiger partial charge is 0.117 e. The van der Waals surface area contributed by atoms with Crippen molar-refractivity contribution in [1.82, 2.24) is 0 Å². The molecule has 0 heterocycles. The molecule has 0 N–H and O–H groups in total. The lowest BCUT2D eigenvalue weighted by molar-refractivity contribution is 0.516. The predicted molar refractivity (Wildman–Crippen MR) is 81.5 cm³/mol. The lowest BCUT2D eigenvalue weighted by atomic mass is 9.87. The van der Waals surface area contributed by atoms with Crippen LogP contribution in [0, 0.1) is 19.3 Å². The van der Waals surface area contributed by atoms with Gasteiger partial charge in [-0.1, -0.05) is 61.5 Å². The fraction of sp³-hybridized carbons (Fsp3) is 0.412. The zero-order valence-corrected chi connectivity index (χ0v) is 13.1. The van der Waals surface area contributed by atoms with Crippen molar-refractivity contribution in [2.45, 2.75) is 41.0 Å². The van der Waals surface area contributed by atoms with Crippen molar-refractivity contribution in [3.8, 4) is 0 Å². The van der Waals surface area contributed by atoms with Gasteiger partial charge in [0.15, 0.2) is 0 Å². The van der Waals surface area contributed by atoms with E-state index in [1.54, 1.807) is 10.8 Å². The van der Waals surface area contributed by atoms with E-state index in [2.05, 4.69) is 65.0 Å². The van der Waals surface area contributed by atoms with Crippen LogP contribution < -0.4 is 5.19 Å². The highest BCUT2D eigenvalue weighted by atomic mass is 28.2. The minimum absolute atomic E-state index is 0.271. The fourth-order valence-electron chi connectivity index (χ4n) is 2.38. The number of hydrogen-bond donors (Lipinski definition) is 0. The van der Waals surface area contributed by atoms with Gasteiger partial charge in [-0.05, 0) is 42.4 Å². The Labute approximate surface area is 114 Å². The molecule has 1 aromatic carbocycles. The first-order valence-corrected chi connectivity index (χ1v) is 7.63. The molecule has 0 saturated carbocycles. The smallest absolute Gasteiger partial charge is 0.0806 e. The van der Waals surface area contributed by atoms with Gasteiger partial charge in [-0.2, -0.15) is 0 Å². The van der Waals surface area contributed by atoms with Gasteiger partial charge in [0.25, 0.3) is 0 Å². The molecular formula is C17H22Si. The summed E-state index contributed by atoms with van der Waals surface area (Å²) in [5, 5.41) is 3.13. The van der Waals surface area contributed by atoms with Gasteiger partial charge in [0.05, 0.1) is 0 Å². The average Bonchev–Trinajstić information content (AvgIpc) is 2.72. The van der Waals surface area contributed by atoms with Crippen molar-refractivity contribution in [3.63, 3.8) is 0 Å². The van der Waals surface area contributed by atoms with E-state index in [0.29, 0.717) is 0 Å². The van der Waals surface area contributed by atoms with Crippen LogP contribution >= 0.6 is 0 Å². The molecule has 0 aliphatic heterocycles. The van der Waals surface area contributed by atoms with Gasteiger partial charge in [-0.3, -0.25) is 0 Å². The second-order valence-corrected chi connectivity index (χ2v) is 7.51. The number of hydrogen-bond acceptors (Lipinski definition) is 0. The molecule has 94 valence electrons. The van der Waals surface area contributed by atoms with Crippen LogP contribution in [0.3, 0.4) is 0 Å². The number of aryl methyl sites for hydroxylation is 1. The van der Waals surface area contributed by atoms with E-state index in [1.165, 1.54) is 16.3 Å². The van der Waals surface area contributed by atoms with E-state index < -0.39 is 0 Å². The first-order valence-electron chi connectivity index (χ1n) is 6.63. The Balaban J connectivity index is 2.32. The molecule has 2 rings (SSSR count). The van der Waals surface area contributed by atoms with Gasteiger partial charge in [-0.25, -0.2) is 0 Å². The summed E-state index contributed by atoms with van der Waals surface area (Å²) in [5.41, 5.74) is 4.68. The van der Waals surface area contributed by atoms with Gasteiger partial charge in [-0.15, -0.1) is 0 Å². The molecule has 1 aliphatic carbocycles. The summed E-state index contributed by atoms with van der Waals surface area (Å²) in [7, 11) is 0.824.